The zero-order valence-corrected chi connectivity index (χ0v) is 7.05. The highest BCUT2D eigenvalue weighted by Crippen LogP contribution is 1.95. The van der Waals surface area contributed by atoms with Crippen molar-refractivity contribution >= 4 is 5.96 Å². The highest BCUT2D eigenvalue weighted by molar-refractivity contribution is 5.69. The molecule has 5 heteroatoms. The van der Waals surface area contributed by atoms with Crippen LogP contribution in [0.15, 0.2) is 12.3 Å². The van der Waals surface area contributed by atoms with Crippen molar-refractivity contribution in [2.45, 2.75) is 18.9 Å². The molecule has 5 nitrogen and oxygen atoms in total. The minimum atomic E-state index is -0.467. The Labute approximate surface area is 71.9 Å². The molecule has 0 aromatic carbocycles. The number of rotatable bonds is 5. The first kappa shape index (κ1) is 10.8. The van der Waals surface area contributed by atoms with Gasteiger partial charge < -0.3 is 10.8 Å². The molecule has 0 rings (SSSR count). The fourth-order valence-electron chi connectivity index (χ4n) is 0.716. The van der Waals surface area contributed by atoms with Gasteiger partial charge in [-0.25, -0.2) is 0 Å². The van der Waals surface area contributed by atoms with E-state index in [1.165, 1.54) is 0 Å². The lowest BCUT2D eigenvalue weighted by Crippen LogP contribution is -2.78. The molecule has 1 atom stereocenters. The fraction of sp³-hybridized carbons (Fsp3) is 0.571. The molecule has 7 N–H and O–H groups in total. The van der Waals surface area contributed by atoms with Crippen LogP contribution in [0.25, 0.3) is 0 Å². The van der Waals surface area contributed by atoms with Crippen LogP contribution in [0.1, 0.15) is 12.8 Å². The van der Waals surface area contributed by atoms with Gasteiger partial charge in [0.15, 0.2) is 0 Å². The third kappa shape index (κ3) is 5.55. The van der Waals surface area contributed by atoms with Gasteiger partial charge >= 0.3 is 5.96 Å². The molecule has 0 aliphatic heterocycles. The Morgan fingerprint density at radius 1 is 1.50 bits per heavy atom. The monoisotopic (exact) mass is 172 g/mol. The number of nitrogens with two attached hydrogens (primary N) is 3. The lowest BCUT2D eigenvalue weighted by Gasteiger charge is -2.17. The van der Waals surface area contributed by atoms with Gasteiger partial charge in [0, 0.05) is 6.04 Å². The van der Waals surface area contributed by atoms with E-state index in [-0.39, 0.29) is 11.7 Å². The van der Waals surface area contributed by atoms with Crippen molar-refractivity contribution in [3.63, 3.8) is 0 Å². The SMILES string of the molecule is C=C([O-])[C@@H](N)CCC[NH+]=C(N)N. The molecule has 0 radical (unpaired) electrons. The largest absolute Gasteiger partial charge is 0.875 e. The van der Waals surface area contributed by atoms with Crippen LogP contribution < -0.4 is 27.3 Å². The van der Waals surface area contributed by atoms with E-state index < -0.39 is 6.04 Å². The molecule has 0 unspecified atom stereocenters. The van der Waals surface area contributed by atoms with Crippen molar-refractivity contribution in [3.8, 4) is 0 Å². The summed E-state index contributed by atoms with van der Waals surface area (Å²) in [6.07, 6.45) is 1.35. The predicted molar refractivity (Wildman–Crippen MR) is 45.6 cm³/mol. The van der Waals surface area contributed by atoms with Gasteiger partial charge in [-0.15, -0.1) is 12.3 Å². The van der Waals surface area contributed by atoms with Gasteiger partial charge in [0.2, 0.25) is 0 Å². The third-order valence-electron chi connectivity index (χ3n) is 1.43. The molecule has 12 heavy (non-hydrogen) atoms. The zero-order chi connectivity index (χ0) is 9.56. The lowest BCUT2D eigenvalue weighted by molar-refractivity contribution is -0.459. The first-order valence-electron chi connectivity index (χ1n) is 3.77. The van der Waals surface area contributed by atoms with Crippen LogP contribution in [0.2, 0.25) is 0 Å². The second-order valence-corrected chi connectivity index (χ2v) is 2.60. The van der Waals surface area contributed by atoms with Crippen molar-refractivity contribution in [3.05, 3.63) is 12.3 Å². The Kier molecular flexibility index (Phi) is 4.87. The highest BCUT2D eigenvalue weighted by Gasteiger charge is 1.98. The van der Waals surface area contributed by atoms with Crippen LogP contribution in [0, 0.1) is 0 Å². The standard InChI is InChI=1S/C7H16N4O/c1-5(12)6(8)3-2-4-11-7(9)10/h6,12H,1-4,8H2,(H4,9,10,11)/t6-/m0/s1. The molecular formula is C7H16N4O. The fourth-order valence-corrected chi connectivity index (χ4v) is 0.716. The van der Waals surface area contributed by atoms with E-state index in [9.17, 15) is 5.11 Å². The first-order chi connectivity index (χ1) is 5.54. The van der Waals surface area contributed by atoms with E-state index in [1.54, 1.807) is 0 Å². The second-order valence-electron chi connectivity index (χ2n) is 2.60. The summed E-state index contributed by atoms with van der Waals surface area (Å²) in [5.74, 6) is -0.0516. The molecule has 0 saturated heterocycles. The van der Waals surface area contributed by atoms with Crippen LogP contribution in [0.4, 0.5) is 0 Å². The van der Waals surface area contributed by atoms with Gasteiger partial charge in [0.25, 0.3) is 0 Å². The van der Waals surface area contributed by atoms with Gasteiger partial charge in [-0.1, -0.05) is 0 Å². The molecule has 0 aliphatic carbocycles. The Morgan fingerprint density at radius 2 is 2.08 bits per heavy atom. The summed E-state index contributed by atoms with van der Waals surface area (Å²) in [4.78, 5) is 2.72. The van der Waals surface area contributed by atoms with Crippen LogP contribution in [-0.2, 0) is 0 Å². The average Bonchev–Trinajstić information content (AvgIpc) is 1.97. The van der Waals surface area contributed by atoms with Crippen LogP contribution in [-0.4, -0.2) is 18.5 Å². The summed E-state index contributed by atoms with van der Waals surface area (Å²) in [6.45, 7) is 3.84. The third-order valence-corrected chi connectivity index (χ3v) is 1.43. The molecule has 0 spiro atoms. The smallest absolute Gasteiger partial charge is 0.338 e. The minimum Gasteiger partial charge on any atom is -0.875 e. The Bertz CT molecular complexity index is 174. The Hall–Kier alpha value is -1.23. The van der Waals surface area contributed by atoms with Crippen LogP contribution >= 0.6 is 0 Å². The molecule has 0 bridgehead atoms. The average molecular weight is 172 g/mol. The summed E-state index contributed by atoms with van der Waals surface area (Å²) >= 11 is 0. The molecule has 0 saturated carbocycles. The second kappa shape index (κ2) is 5.42. The molecule has 0 aromatic rings. The van der Waals surface area contributed by atoms with Gasteiger partial charge in [0.1, 0.15) is 0 Å². The Balaban J connectivity index is 3.44. The number of hydrogen-bond acceptors (Lipinski definition) is 2. The topological polar surface area (TPSA) is 115 Å². The van der Waals surface area contributed by atoms with Gasteiger partial charge in [-0.2, -0.15) is 0 Å². The van der Waals surface area contributed by atoms with Gasteiger partial charge in [-0.3, -0.25) is 16.5 Å². The van der Waals surface area contributed by atoms with Crippen LogP contribution in [0.5, 0.6) is 0 Å². The van der Waals surface area contributed by atoms with Crippen molar-refractivity contribution in [2.75, 3.05) is 6.54 Å². The molecule has 70 valence electrons. The van der Waals surface area contributed by atoms with E-state index in [0.29, 0.717) is 13.0 Å². The maximum absolute atomic E-state index is 10.6. The highest BCUT2D eigenvalue weighted by atomic mass is 16.3. The van der Waals surface area contributed by atoms with E-state index in [0.717, 1.165) is 6.42 Å². The molecule has 0 amide bonds. The quantitative estimate of drug-likeness (QED) is 0.148. The normalized spacial score (nSPS) is 12.1. The van der Waals surface area contributed by atoms with Crippen molar-refractivity contribution in [2.24, 2.45) is 17.2 Å². The number of hydrogen-bond donors (Lipinski definition) is 4. The maximum Gasteiger partial charge on any atom is 0.338 e. The minimum absolute atomic E-state index is 0.185. The van der Waals surface area contributed by atoms with Gasteiger partial charge in [-0.05, 0) is 12.8 Å². The van der Waals surface area contributed by atoms with E-state index in [4.69, 9.17) is 17.2 Å². The van der Waals surface area contributed by atoms with Gasteiger partial charge in [0.05, 0.1) is 6.54 Å². The number of nitrogens with one attached hydrogen (secondary N) is 1. The summed E-state index contributed by atoms with van der Waals surface area (Å²) in [5, 5.41) is 10.6. The van der Waals surface area contributed by atoms with Crippen LogP contribution in [0.3, 0.4) is 0 Å². The van der Waals surface area contributed by atoms with E-state index >= 15 is 0 Å². The molecule has 0 aliphatic rings. The Morgan fingerprint density at radius 3 is 2.50 bits per heavy atom. The lowest BCUT2D eigenvalue weighted by atomic mass is 10.1. The molecular weight excluding hydrogens is 156 g/mol. The van der Waals surface area contributed by atoms with Crippen molar-refractivity contribution < 1.29 is 10.1 Å². The van der Waals surface area contributed by atoms with E-state index in [2.05, 4.69) is 11.6 Å². The molecule has 0 heterocycles. The maximum atomic E-state index is 10.6. The van der Waals surface area contributed by atoms with Crippen molar-refractivity contribution in [1.29, 1.82) is 0 Å². The summed E-state index contributed by atoms with van der Waals surface area (Å²) in [6, 6.07) is -0.467. The zero-order valence-electron chi connectivity index (χ0n) is 7.05. The molecule has 0 aromatic heterocycles. The summed E-state index contributed by atoms with van der Waals surface area (Å²) in [5.41, 5.74) is 15.7. The summed E-state index contributed by atoms with van der Waals surface area (Å²) in [7, 11) is 0. The molecule has 0 fully saturated rings. The first-order valence-corrected chi connectivity index (χ1v) is 3.77. The van der Waals surface area contributed by atoms with E-state index in [1.807, 2.05) is 0 Å². The summed E-state index contributed by atoms with van der Waals surface area (Å²) < 4.78 is 0. The van der Waals surface area contributed by atoms with Crippen molar-refractivity contribution in [1.82, 2.24) is 0 Å². The number of guanidine groups is 1. The predicted octanol–water partition coefficient (Wildman–Crippen LogP) is -3.68.